The number of hydrogen-bond donors (Lipinski definition) is 0. The van der Waals surface area contributed by atoms with Gasteiger partial charge >= 0.3 is 11.9 Å². The van der Waals surface area contributed by atoms with Gasteiger partial charge in [-0.1, -0.05) is 217 Å². The molecule has 2 unspecified atom stereocenters. The zero-order valence-corrected chi connectivity index (χ0v) is 44.8. The summed E-state index contributed by atoms with van der Waals surface area (Å²) in [6.45, 7) is 4.69. The van der Waals surface area contributed by atoms with E-state index in [1.165, 1.54) is 186 Å². The third-order valence-corrected chi connectivity index (χ3v) is 13.0. The maximum atomic E-state index is 12.8. The molecule has 0 amide bonds. The van der Waals surface area contributed by atoms with Crippen molar-refractivity contribution in [2.45, 2.75) is 283 Å². The Kier molecular flexibility index (Phi) is 48.1. The smallest absolute Gasteiger partial charge is 0.306 e. The summed E-state index contributed by atoms with van der Waals surface area (Å²) in [4.78, 5) is 37.1. The summed E-state index contributed by atoms with van der Waals surface area (Å²) in [5.41, 5.74) is 0. The second-order valence-corrected chi connectivity index (χ2v) is 20.5. The SMILES string of the molecule is CCCCCCCCCC/C=C/C/C=C/CCCCCCCCCC(=O)OCC(COCCC(C(=O)[O-])[N+](C)(C)C)OC(=O)CCCCCCCCC/C=C/CCCCCCCCCCCC. The van der Waals surface area contributed by atoms with Crippen LogP contribution in [0, 0.1) is 0 Å². The molecule has 0 rings (SSSR count). The number of rotatable bonds is 52. The number of aliphatic carboxylic acids is 1. The summed E-state index contributed by atoms with van der Waals surface area (Å²) in [6, 6.07) is -0.728. The van der Waals surface area contributed by atoms with Crippen molar-refractivity contribution in [3.63, 3.8) is 0 Å². The summed E-state index contributed by atoms with van der Waals surface area (Å²) in [7, 11) is 5.42. The van der Waals surface area contributed by atoms with E-state index in [0.29, 0.717) is 12.8 Å². The minimum atomic E-state index is -1.12. The number of hydrogen-bond acceptors (Lipinski definition) is 7. The van der Waals surface area contributed by atoms with Crippen LogP contribution in [0.2, 0.25) is 0 Å². The van der Waals surface area contributed by atoms with Crippen molar-refractivity contribution in [1.29, 1.82) is 0 Å². The summed E-state index contributed by atoms with van der Waals surface area (Å²) in [5, 5.41) is 11.7. The van der Waals surface area contributed by atoms with Crippen LogP contribution in [0.3, 0.4) is 0 Å². The van der Waals surface area contributed by atoms with Gasteiger partial charge < -0.3 is 28.6 Å². The molecule has 392 valence electrons. The highest BCUT2D eigenvalue weighted by Crippen LogP contribution is 2.16. The molecule has 0 N–H and O–H groups in total. The Hall–Kier alpha value is -2.45. The summed E-state index contributed by atoms with van der Waals surface area (Å²) in [6.07, 6.45) is 60.4. The Morgan fingerprint density at radius 1 is 0.448 bits per heavy atom. The predicted molar refractivity (Wildman–Crippen MR) is 282 cm³/mol. The molecule has 0 radical (unpaired) electrons. The van der Waals surface area contributed by atoms with Gasteiger partial charge in [0, 0.05) is 19.3 Å². The maximum Gasteiger partial charge on any atom is 0.306 e. The number of unbranched alkanes of at least 4 members (excludes halogenated alkanes) is 32. The minimum absolute atomic E-state index is 0.0384. The van der Waals surface area contributed by atoms with Gasteiger partial charge in [0.25, 0.3) is 0 Å². The Morgan fingerprint density at radius 2 is 0.791 bits per heavy atom. The van der Waals surface area contributed by atoms with Crippen LogP contribution >= 0.6 is 0 Å². The molecule has 8 heteroatoms. The number of esters is 2. The molecule has 0 spiro atoms. The second-order valence-electron chi connectivity index (χ2n) is 20.5. The highest BCUT2D eigenvalue weighted by Gasteiger charge is 2.25. The molecule has 0 fully saturated rings. The molecule has 0 aliphatic carbocycles. The van der Waals surface area contributed by atoms with Gasteiger partial charge in [-0.3, -0.25) is 9.59 Å². The van der Waals surface area contributed by atoms with Gasteiger partial charge in [-0.05, 0) is 70.6 Å². The van der Waals surface area contributed by atoms with Crippen LogP contribution in [0.25, 0.3) is 0 Å². The van der Waals surface area contributed by atoms with E-state index in [4.69, 9.17) is 14.2 Å². The monoisotopic (exact) mass is 944 g/mol. The van der Waals surface area contributed by atoms with Crippen LogP contribution in [-0.4, -0.2) is 75.5 Å². The van der Waals surface area contributed by atoms with Crippen LogP contribution in [-0.2, 0) is 28.6 Å². The van der Waals surface area contributed by atoms with Gasteiger partial charge in [0.05, 0.1) is 40.3 Å². The Bertz CT molecular complexity index is 1190. The van der Waals surface area contributed by atoms with Gasteiger partial charge in [-0.15, -0.1) is 0 Å². The van der Waals surface area contributed by atoms with Crippen molar-refractivity contribution >= 4 is 17.9 Å². The predicted octanol–water partition coefficient (Wildman–Crippen LogP) is 15.6. The van der Waals surface area contributed by atoms with E-state index < -0.39 is 18.1 Å². The highest BCUT2D eigenvalue weighted by molar-refractivity contribution is 5.70. The number of carboxylic acids is 1. The number of likely N-dealkylation sites (N-methyl/N-ethyl adjacent to an activating group) is 1. The number of nitrogens with zero attached hydrogens (tertiary/aromatic N) is 1. The van der Waals surface area contributed by atoms with Gasteiger partial charge in [0.2, 0.25) is 0 Å². The molecule has 67 heavy (non-hydrogen) atoms. The molecule has 8 nitrogen and oxygen atoms in total. The van der Waals surface area contributed by atoms with E-state index in [1.54, 1.807) is 0 Å². The largest absolute Gasteiger partial charge is 0.544 e. The van der Waals surface area contributed by atoms with Gasteiger partial charge in [0.15, 0.2) is 6.10 Å². The van der Waals surface area contributed by atoms with Crippen LogP contribution in [0.15, 0.2) is 36.5 Å². The first-order chi connectivity index (χ1) is 32.6. The van der Waals surface area contributed by atoms with E-state index >= 15 is 0 Å². The summed E-state index contributed by atoms with van der Waals surface area (Å²) in [5.74, 6) is -1.74. The number of quaternary nitrogens is 1. The van der Waals surface area contributed by atoms with Crippen LogP contribution in [0.5, 0.6) is 0 Å². The van der Waals surface area contributed by atoms with Crippen molar-refractivity contribution in [1.82, 2.24) is 0 Å². The fraction of sp³-hybridized carbons (Fsp3) is 0.847. The number of carbonyl (C=O) groups is 3. The first kappa shape index (κ1) is 64.5. The lowest BCUT2D eigenvalue weighted by molar-refractivity contribution is -0.889. The van der Waals surface area contributed by atoms with Gasteiger partial charge in [-0.25, -0.2) is 0 Å². The van der Waals surface area contributed by atoms with Crippen molar-refractivity contribution in [2.75, 3.05) is 41.0 Å². The van der Waals surface area contributed by atoms with Crippen molar-refractivity contribution in [3.05, 3.63) is 36.5 Å². The average molecular weight is 945 g/mol. The Morgan fingerprint density at radius 3 is 1.16 bits per heavy atom. The quantitative estimate of drug-likeness (QED) is 0.0259. The third kappa shape index (κ3) is 48.4. The Labute approximate surface area is 414 Å². The van der Waals surface area contributed by atoms with Crippen LogP contribution in [0.1, 0.15) is 271 Å². The number of ether oxygens (including phenoxy) is 3. The topological polar surface area (TPSA) is 102 Å². The van der Waals surface area contributed by atoms with Crippen molar-refractivity contribution in [3.8, 4) is 0 Å². The lowest BCUT2D eigenvalue weighted by Gasteiger charge is -2.34. The molecule has 0 bridgehead atoms. The van der Waals surface area contributed by atoms with E-state index in [-0.39, 0.29) is 42.7 Å². The molecule has 2 atom stereocenters. The first-order valence-corrected chi connectivity index (χ1v) is 28.5. The molecular formula is C59H109NO7. The van der Waals surface area contributed by atoms with Gasteiger partial charge in [0.1, 0.15) is 12.6 Å². The summed E-state index contributed by atoms with van der Waals surface area (Å²) >= 11 is 0. The number of allylic oxidation sites excluding steroid dienone is 6. The van der Waals surface area contributed by atoms with Crippen LogP contribution < -0.4 is 5.11 Å². The van der Waals surface area contributed by atoms with Crippen molar-refractivity contribution < 1.29 is 38.2 Å². The fourth-order valence-corrected chi connectivity index (χ4v) is 8.57. The highest BCUT2D eigenvalue weighted by atomic mass is 16.6. The molecule has 0 saturated heterocycles. The second kappa shape index (κ2) is 50.0. The summed E-state index contributed by atoms with van der Waals surface area (Å²) < 4.78 is 17.3. The fourth-order valence-electron chi connectivity index (χ4n) is 8.57. The van der Waals surface area contributed by atoms with E-state index in [2.05, 4.69) is 50.3 Å². The molecule has 0 aliphatic heterocycles. The third-order valence-electron chi connectivity index (χ3n) is 13.0. The van der Waals surface area contributed by atoms with E-state index in [0.717, 1.165) is 51.4 Å². The van der Waals surface area contributed by atoms with Gasteiger partial charge in [-0.2, -0.15) is 0 Å². The molecule has 0 aliphatic rings. The zero-order valence-electron chi connectivity index (χ0n) is 44.8. The molecule has 0 aromatic rings. The number of carbonyl (C=O) groups excluding carboxylic acids is 3. The normalized spacial score (nSPS) is 13.0. The minimum Gasteiger partial charge on any atom is -0.544 e. The number of carboxylic acid groups (broad SMARTS) is 1. The molecule has 0 saturated carbocycles. The van der Waals surface area contributed by atoms with Crippen LogP contribution in [0.4, 0.5) is 0 Å². The van der Waals surface area contributed by atoms with E-state index in [9.17, 15) is 19.5 Å². The lowest BCUT2D eigenvalue weighted by atomic mass is 10.1. The van der Waals surface area contributed by atoms with E-state index in [1.807, 2.05) is 21.1 Å². The standard InChI is InChI=1S/C59H109NO7/c1-6-8-10-12-14-16-18-20-22-24-26-28-30-31-33-35-37-39-41-43-45-47-49-57(61)66-54-55(53-65-52-51-56(59(63)64)60(3,4)5)67-58(62)50-48-46-44-42-40-38-36-34-32-29-27-25-23-21-19-17-15-13-11-9-7-2/h24,26,29-32,55-56H,6-23,25,27-28,33-54H2,1-5H3/b26-24+,31-30+,32-29+. The maximum absolute atomic E-state index is 12.8. The molecule has 0 aromatic carbocycles. The molecular weight excluding hydrogens is 835 g/mol. The zero-order chi connectivity index (χ0) is 49.2. The average Bonchev–Trinajstić information content (AvgIpc) is 3.29. The molecule has 0 aromatic heterocycles. The lowest BCUT2D eigenvalue weighted by Crippen LogP contribution is -2.55. The molecule has 0 heterocycles. The Balaban J connectivity index is 4.19. The first-order valence-electron chi connectivity index (χ1n) is 28.5. The van der Waals surface area contributed by atoms with Crippen molar-refractivity contribution in [2.24, 2.45) is 0 Å².